The Labute approximate surface area is 170 Å². The first-order valence-corrected chi connectivity index (χ1v) is 10.9. The van der Waals surface area contributed by atoms with Crippen LogP contribution in [0.3, 0.4) is 0 Å². The molecule has 0 aliphatic carbocycles. The molecule has 0 unspecified atom stereocenters. The number of hydrogen-bond donors (Lipinski definition) is 0. The minimum absolute atomic E-state index is 0.0819. The highest BCUT2D eigenvalue weighted by Crippen LogP contribution is 2.29. The van der Waals surface area contributed by atoms with Crippen molar-refractivity contribution in [1.82, 2.24) is 14.9 Å². The van der Waals surface area contributed by atoms with E-state index in [0.29, 0.717) is 18.7 Å². The number of aromatic nitrogens is 2. The first-order chi connectivity index (χ1) is 13.7. The standard InChI is InChI=1S/C20H19N3O3S2/c24-16(12-28-19-15-8-11-27-18(15)21-13-22-19)26-17(14-6-2-1-3-7-14)20(25)23-9-4-5-10-23/h1-3,6-8,11,13,17H,4-5,9-10,12H2/t17-/m0/s1. The molecule has 6 nitrogen and oxygen atoms in total. The minimum Gasteiger partial charge on any atom is -0.447 e. The Kier molecular flexibility index (Phi) is 5.87. The molecule has 3 heterocycles. The summed E-state index contributed by atoms with van der Waals surface area (Å²) >= 11 is 2.83. The van der Waals surface area contributed by atoms with Crippen LogP contribution in [0.5, 0.6) is 0 Å². The number of esters is 1. The Balaban J connectivity index is 1.46. The Hall–Kier alpha value is -2.45. The van der Waals surface area contributed by atoms with Crippen LogP contribution in [0.1, 0.15) is 24.5 Å². The fourth-order valence-electron chi connectivity index (χ4n) is 3.17. The molecular weight excluding hydrogens is 394 g/mol. The summed E-state index contributed by atoms with van der Waals surface area (Å²) in [5.74, 6) is -0.504. The van der Waals surface area contributed by atoms with Gasteiger partial charge in [-0.3, -0.25) is 9.59 Å². The SMILES string of the molecule is O=C(CSc1ncnc2sccc12)O[C@H](C(=O)N1CCCC1)c1ccccc1. The Morgan fingerprint density at radius 3 is 2.71 bits per heavy atom. The Morgan fingerprint density at radius 1 is 1.14 bits per heavy atom. The molecule has 1 fully saturated rings. The van der Waals surface area contributed by atoms with Crippen molar-refractivity contribution in [2.75, 3.05) is 18.8 Å². The smallest absolute Gasteiger partial charge is 0.317 e. The van der Waals surface area contributed by atoms with Crippen LogP contribution in [0.25, 0.3) is 10.2 Å². The zero-order valence-electron chi connectivity index (χ0n) is 15.1. The van der Waals surface area contributed by atoms with Crippen LogP contribution in [0.15, 0.2) is 53.1 Å². The molecule has 8 heteroatoms. The molecular formula is C20H19N3O3S2. The lowest BCUT2D eigenvalue weighted by molar-refractivity contribution is -0.158. The van der Waals surface area contributed by atoms with Gasteiger partial charge in [-0.15, -0.1) is 11.3 Å². The van der Waals surface area contributed by atoms with Crippen LogP contribution in [0.4, 0.5) is 0 Å². The first-order valence-electron chi connectivity index (χ1n) is 9.06. The maximum absolute atomic E-state index is 12.9. The van der Waals surface area contributed by atoms with Crippen molar-refractivity contribution in [3.05, 3.63) is 53.7 Å². The molecule has 3 aromatic rings. The largest absolute Gasteiger partial charge is 0.447 e. The molecule has 4 rings (SSSR count). The first kappa shape index (κ1) is 18.9. The fraction of sp³-hybridized carbons (Fsp3) is 0.300. The monoisotopic (exact) mass is 413 g/mol. The molecule has 28 heavy (non-hydrogen) atoms. The molecule has 0 spiro atoms. The average Bonchev–Trinajstić information content (AvgIpc) is 3.42. The molecule has 1 aliphatic heterocycles. The molecule has 1 atom stereocenters. The molecule has 1 amide bonds. The number of carbonyl (C=O) groups excluding carboxylic acids is 2. The van der Waals surface area contributed by atoms with Gasteiger partial charge in [-0.25, -0.2) is 9.97 Å². The molecule has 1 aromatic carbocycles. The number of rotatable bonds is 6. The van der Waals surface area contributed by atoms with Gasteiger partial charge < -0.3 is 9.64 Å². The number of thiophene rings is 1. The van der Waals surface area contributed by atoms with E-state index in [0.717, 1.165) is 28.1 Å². The van der Waals surface area contributed by atoms with Gasteiger partial charge in [0.05, 0.1) is 5.75 Å². The summed E-state index contributed by atoms with van der Waals surface area (Å²) < 4.78 is 5.63. The van der Waals surface area contributed by atoms with Gasteiger partial charge in [0.2, 0.25) is 6.10 Å². The van der Waals surface area contributed by atoms with Gasteiger partial charge in [0.1, 0.15) is 16.2 Å². The van der Waals surface area contributed by atoms with Gasteiger partial charge >= 0.3 is 5.97 Å². The molecule has 0 saturated carbocycles. The van der Waals surface area contributed by atoms with E-state index >= 15 is 0 Å². The fourth-order valence-corrected chi connectivity index (χ4v) is 4.73. The summed E-state index contributed by atoms with van der Waals surface area (Å²) in [6.07, 6.45) is 2.57. The van der Waals surface area contributed by atoms with E-state index in [4.69, 9.17) is 4.74 Å². The van der Waals surface area contributed by atoms with E-state index in [1.54, 1.807) is 4.90 Å². The molecule has 2 aromatic heterocycles. The Bertz CT molecular complexity index is 971. The van der Waals surface area contributed by atoms with E-state index in [1.807, 2.05) is 41.8 Å². The third-order valence-corrected chi connectivity index (χ3v) is 6.35. The highest BCUT2D eigenvalue weighted by molar-refractivity contribution is 8.00. The summed E-state index contributed by atoms with van der Waals surface area (Å²) in [6, 6.07) is 11.1. The van der Waals surface area contributed by atoms with E-state index in [9.17, 15) is 9.59 Å². The molecule has 1 aliphatic rings. The molecule has 0 bridgehead atoms. The number of amides is 1. The van der Waals surface area contributed by atoms with E-state index < -0.39 is 12.1 Å². The van der Waals surface area contributed by atoms with Crippen molar-refractivity contribution in [3.8, 4) is 0 Å². The van der Waals surface area contributed by atoms with Crippen molar-refractivity contribution in [2.24, 2.45) is 0 Å². The molecule has 1 saturated heterocycles. The number of benzene rings is 1. The summed E-state index contributed by atoms with van der Waals surface area (Å²) in [7, 11) is 0. The number of ether oxygens (including phenoxy) is 1. The van der Waals surface area contributed by atoms with E-state index in [2.05, 4.69) is 9.97 Å². The number of hydrogen-bond acceptors (Lipinski definition) is 7. The predicted molar refractivity (Wildman–Crippen MR) is 109 cm³/mol. The van der Waals surface area contributed by atoms with Gasteiger partial charge in [0.25, 0.3) is 5.91 Å². The summed E-state index contributed by atoms with van der Waals surface area (Å²) in [4.78, 5) is 36.6. The van der Waals surface area contributed by atoms with Crippen molar-refractivity contribution >= 4 is 45.2 Å². The van der Waals surface area contributed by atoms with Crippen molar-refractivity contribution in [1.29, 1.82) is 0 Å². The van der Waals surface area contributed by atoms with Crippen molar-refractivity contribution in [3.63, 3.8) is 0 Å². The maximum atomic E-state index is 12.9. The maximum Gasteiger partial charge on any atom is 0.317 e. The number of likely N-dealkylation sites (tertiary alicyclic amines) is 1. The lowest BCUT2D eigenvalue weighted by Gasteiger charge is -2.23. The molecule has 0 radical (unpaired) electrons. The van der Waals surface area contributed by atoms with Crippen LogP contribution >= 0.6 is 23.1 Å². The van der Waals surface area contributed by atoms with Crippen molar-refractivity contribution in [2.45, 2.75) is 24.0 Å². The summed E-state index contributed by atoms with van der Waals surface area (Å²) in [5.41, 5.74) is 0.694. The lowest BCUT2D eigenvalue weighted by Crippen LogP contribution is -2.35. The average molecular weight is 414 g/mol. The van der Waals surface area contributed by atoms with Gasteiger partial charge in [-0.05, 0) is 24.3 Å². The van der Waals surface area contributed by atoms with Crippen LogP contribution in [0.2, 0.25) is 0 Å². The number of nitrogens with zero attached hydrogens (tertiary/aromatic N) is 3. The van der Waals surface area contributed by atoms with Crippen molar-refractivity contribution < 1.29 is 14.3 Å². The van der Waals surface area contributed by atoms with E-state index in [1.165, 1.54) is 29.4 Å². The molecule has 144 valence electrons. The third-order valence-electron chi connectivity index (χ3n) is 4.55. The second-order valence-electron chi connectivity index (χ2n) is 6.42. The van der Waals surface area contributed by atoms with Gasteiger partial charge in [-0.1, -0.05) is 42.1 Å². The third kappa shape index (κ3) is 4.18. The predicted octanol–water partition coefficient (Wildman–Crippen LogP) is 3.69. The quantitative estimate of drug-likeness (QED) is 0.349. The lowest BCUT2D eigenvalue weighted by atomic mass is 10.1. The normalized spacial score (nSPS) is 14.9. The van der Waals surface area contributed by atoms with Crippen LogP contribution < -0.4 is 0 Å². The van der Waals surface area contributed by atoms with E-state index in [-0.39, 0.29) is 11.7 Å². The van der Waals surface area contributed by atoms with Crippen LogP contribution in [-0.2, 0) is 14.3 Å². The number of thioether (sulfide) groups is 1. The summed E-state index contributed by atoms with van der Waals surface area (Å²) in [6.45, 7) is 1.43. The topological polar surface area (TPSA) is 72.4 Å². The second kappa shape index (κ2) is 8.70. The zero-order valence-corrected chi connectivity index (χ0v) is 16.7. The van der Waals surface area contributed by atoms with Gasteiger partial charge in [0, 0.05) is 24.0 Å². The highest BCUT2D eigenvalue weighted by Gasteiger charge is 2.30. The minimum atomic E-state index is -0.904. The van der Waals surface area contributed by atoms with Crippen LogP contribution in [-0.4, -0.2) is 45.6 Å². The summed E-state index contributed by atoms with van der Waals surface area (Å²) in [5, 5.41) is 3.62. The Morgan fingerprint density at radius 2 is 1.93 bits per heavy atom. The molecule has 0 N–H and O–H groups in total. The van der Waals surface area contributed by atoms with Crippen LogP contribution in [0, 0.1) is 0 Å². The number of fused-ring (bicyclic) bond motifs is 1. The zero-order chi connectivity index (χ0) is 19.3. The second-order valence-corrected chi connectivity index (χ2v) is 8.28. The number of carbonyl (C=O) groups is 2. The van der Waals surface area contributed by atoms with Gasteiger partial charge in [-0.2, -0.15) is 0 Å². The van der Waals surface area contributed by atoms with Gasteiger partial charge in [0.15, 0.2) is 0 Å². The highest BCUT2D eigenvalue weighted by atomic mass is 32.2.